The highest BCUT2D eigenvalue weighted by molar-refractivity contribution is 6.23. The molecule has 2 bridgehead atoms. The summed E-state index contributed by atoms with van der Waals surface area (Å²) in [6, 6.07) is 0. The maximum absolute atomic E-state index is 13.7. The number of Topliss-reactive ketones (excluding diaryl/α,β-unsaturated/α-hetero) is 2. The maximum atomic E-state index is 13.7. The van der Waals surface area contributed by atoms with E-state index < -0.39 is 47.7 Å². The summed E-state index contributed by atoms with van der Waals surface area (Å²) in [6.45, 7) is 9.45. The van der Waals surface area contributed by atoms with Gasteiger partial charge in [-0.15, -0.1) is 0 Å². The molecule has 44 heavy (non-hydrogen) atoms. The zero-order chi connectivity index (χ0) is 33.1. The molecule has 0 fully saturated rings. The molecule has 0 unspecified atom stereocenters. The summed E-state index contributed by atoms with van der Waals surface area (Å²) in [4.78, 5) is 67.5. The van der Waals surface area contributed by atoms with Crippen LogP contribution in [0.1, 0.15) is 60.3 Å². The van der Waals surface area contributed by atoms with E-state index in [2.05, 4.69) is 10.6 Å². The van der Waals surface area contributed by atoms with Crippen LogP contribution >= 0.6 is 0 Å². The lowest BCUT2D eigenvalue weighted by atomic mass is 9.85. The van der Waals surface area contributed by atoms with Crippen molar-refractivity contribution in [2.45, 2.75) is 78.6 Å². The average Bonchev–Trinajstić information content (AvgIpc) is 2.95. The number of ketones is 3. The minimum absolute atomic E-state index is 0.0940. The van der Waals surface area contributed by atoms with Crippen LogP contribution in [-0.4, -0.2) is 93.8 Å². The van der Waals surface area contributed by atoms with Gasteiger partial charge in [0.25, 0.3) is 5.91 Å². The standard InChI is InChI=1S/C33H49N3O8/c1-19-15-24-29(34-13-14-36(6)7)26(38)18-25(31(24)40)35-33(41)20(2)11-10-12-27(42-8)32(44-23(5)37)22(4)17-21(3)30(39)28(16-19)43-9/h11,17-19,21,27-28,32,34H,10,12-16H2,1-9H3,(H,35,41)/b20-11+,22-17+/t19-,21+,27+,28+,32+/m1/s1. The Labute approximate surface area is 261 Å². The fourth-order valence-electron chi connectivity index (χ4n) is 5.38. The molecule has 11 nitrogen and oxygen atoms in total. The van der Waals surface area contributed by atoms with E-state index >= 15 is 0 Å². The van der Waals surface area contributed by atoms with Crippen molar-refractivity contribution in [1.82, 2.24) is 15.5 Å². The van der Waals surface area contributed by atoms with Crippen LogP contribution in [0.2, 0.25) is 0 Å². The van der Waals surface area contributed by atoms with Crippen LogP contribution in [0.25, 0.3) is 0 Å². The topological polar surface area (TPSA) is 140 Å². The number of fused-ring (bicyclic) bond motifs is 2. The lowest BCUT2D eigenvalue weighted by Gasteiger charge is -2.27. The summed E-state index contributed by atoms with van der Waals surface area (Å²) in [5.41, 5.74) is 1.39. The van der Waals surface area contributed by atoms with E-state index in [4.69, 9.17) is 14.2 Å². The highest BCUT2D eigenvalue weighted by Gasteiger charge is 2.33. The van der Waals surface area contributed by atoms with Gasteiger partial charge in [-0.25, -0.2) is 0 Å². The molecule has 2 rings (SSSR count). The van der Waals surface area contributed by atoms with Crippen LogP contribution in [0.15, 0.2) is 46.3 Å². The van der Waals surface area contributed by atoms with Crippen molar-refractivity contribution < 1.29 is 38.2 Å². The van der Waals surface area contributed by atoms with Crippen molar-refractivity contribution in [3.05, 3.63) is 46.3 Å². The highest BCUT2D eigenvalue weighted by atomic mass is 16.6. The first kappa shape index (κ1) is 36.8. The van der Waals surface area contributed by atoms with Gasteiger partial charge in [0.2, 0.25) is 11.6 Å². The van der Waals surface area contributed by atoms with Crippen LogP contribution in [0.5, 0.6) is 0 Å². The third-order valence-corrected chi connectivity index (χ3v) is 7.83. The Morgan fingerprint density at radius 1 is 1.09 bits per heavy atom. The summed E-state index contributed by atoms with van der Waals surface area (Å²) < 4.78 is 16.9. The molecule has 0 radical (unpaired) electrons. The summed E-state index contributed by atoms with van der Waals surface area (Å²) >= 11 is 0. The lowest BCUT2D eigenvalue weighted by molar-refractivity contribution is -0.150. The first-order valence-electron chi connectivity index (χ1n) is 15.0. The van der Waals surface area contributed by atoms with Crippen molar-refractivity contribution in [3.8, 4) is 0 Å². The molecule has 1 heterocycles. The van der Waals surface area contributed by atoms with Crippen LogP contribution in [0.3, 0.4) is 0 Å². The number of rotatable bonds is 7. The summed E-state index contributed by atoms with van der Waals surface area (Å²) in [7, 11) is 6.79. The fraction of sp³-hybridized carbons (Fsp3) is 0.606. The van der Waals surface area contributed by atoms with Gasteiger partial charge in [-0.1, -0.05) is 26.0 Å². The van der Waals surface area contributed by atoms with Crippen LogP contribution in [0, 0.1) is 11.8 Å². The average molecular weight is 616 g/mol. The zero-order valence-electron chi connectivity index (χ0n) is 27.6. The molecule has 0 saturated heterocycles. The van der Waals surface area contributed by atoms with E-state index in [0.717, 1.165) is 6.08 Å². The largest absolute Gasteiger partial charge is 0.455 e. The molecule has 0 aromatic carbocycles. The Bertz CT molecular complexity index is 1230. The third kappa shape index (κ3) is 10.3. The van der Waals surface area contributed by atoms with E-state index in [0.29, 0.717) is 43.5 Å². The van der Waals surface area contributed by atoms with Gasteiger partial charge in [0.05, 0.1) is 17.5 Å². The van der Waals surface area contributed by atoms with Crippen LogP contribution < -0.4 is 10.6 Å². The number of ether oxygens (including phenoxy) is 3. The van der Waals surface area contributed by atoms with Gasteiger partial charge in [-0.3, -0.25) is 24.0 Å². The summed E-state index contributed by atoms with van der Waals surface area (Å²) in [6.07, 6.45) is 3.85. The number of carbonyl (C=O) groups excluding carboxylic acids is 5. The van der Waals surface area contributed by atoms with Crippen molar-refractivity contribution in [1.29, 1.82) is 0 Å². The molecular weight excluding hydrogens is 566 g/mol. The lowest BCUT2D eigenvalue weighted by Crippen LogP contribution is -2.38. The number of methoxy groups -OCH3 is 2. The predicted octanol–water partition coefficient (Wildman–Crippen LogP) is 2.81. The molecule has 1 amide bonds. The number of esters is 1. The van der Waals surface area contributed by atoms with Crippen molar-refractivity contribution in [2.24, 2.45) is 11.8 Å². The molecule has 244 valence electrons. The van der Waals surface area contributed by atoms with E-state index in [1.165, 1.54) is 21.1 Å². The van der Waals surface area contributed by atoms with Gasteiger partial charge in [0.1, 0.15) is 12.2 Å². The fourth-order valence-corrected chi connectivity index (χ4v) is 5.38. The monoisotopic (exact) mass is 615 g/mol. The number of nitrogens with zero attached hydrogens (tertiary/aromatic N) is 1. The second-order valence-corrected chi connectivity index (χ2v) is 11.9. The molecule has 5 atom stereocenters. The van der Waals surface area contributed by atoms with E-state index in [9.17, 15) is 24.0 Å². The molecule has 0 saturated carbocycles. The Balaban J connectivity index is 2.56. The smallest absolute Gasteiger partial charge is 0.303 e. The molecule has 0 spiro atoms. The minimum atomic E-state index is -0.779. The first-order chi connectivity index (χ1) is 20.7. The van der Waals surface area contributed by atoms with Gasteiger partial charge in [-0.05, 0) is 65.1 Å². The Morgan fingerprint density at radius 3 is 2.36 bits per heavy atom. The van der Waals surface area contributed by atoms with Crippen molar-refractivity contribution >= 4 is 29.2 Å². The van der Waals surface area contributed by atoms with Crippen LogP contribution in [-0.2, 0) is 38.2 Å². The molecule has 0 aromatic heterocycles. The van der Waals surface area contributed by atoms with Gasteiger partial charge < -0.3 is 29.7 Å². The molecule has 1 aliphatic heterocycles. The minimum Gasteiger partial charge on any atom is -0.455 e. The second kappa shape index (κ2) is 17.2. The Kier molecular flexibility index (Phi) is 14.4. The number of hydrogen-bond acceptors (Lipinski definition) is 10. The summed E-state index contributed by atoms with van der Waals surface area (Å²) in [5, 5.41) is 5.75. The number of hydrogen-bond donors (Lipinski definition) is 2. The van der Waals surface area contributed by atoms with E-state index in [1.807, 2.05) is 25.9 Å². The SMILES string of the molecule is CO[C@H]1C[C@H](C)CC2=C(NCCN(C)C)C(=O)C=C(NC(=O)/C(C)=C/CC[C@H](OC)[C@@H](OC(C)=O)/C(C)=C/[C@H](C)C1=O)C2=O. The summed E-state index contributed by atoms with van der Waals surface area (Å²) in [5.74, 6) is -2.80. The van der Waals surface area contributed by atoms with Crippen LogP contribution in [0.4, 0.5) is 0 Å². The normalized spacial score (nSPS) is 29.0. The third-order valence-electron chi connectivity index (χ3n) is 7.83. The van der Waals surface area contributed by atoms with Gasteiger partial charge in [0.15, 0.2) is 5.78 Å². The van der Waals surface area contributed by atoms with Gasteiger partial charge in [-0.2, -0.15) is 0 Å². The van der Waals surface area contributed by atoms with E-state index in [1.54, 1.807) is 32.9 Å². The number of amides is 1. The van der Waals surface area contributed by atoms with Gasteiger partial charge in [0, 0.05) is 57.4 Å². The second-order valence-electron chi connectivity index (χ2n) is 11.9. The quantitative estimate of drug-likeness (QED) is 0.250. The molecule has 0 aromatic rings. The molecule has 2 N–H and O–H groups in total. The molecular formula is C33H49N3O8. The zero-order valence-corrected chi connectivity index (χ0v) is 27.6. The number of allylic oxidation sites excluding steroid dienone is 4. The molecule has 11 heteroatoms. The number of carbonyl (C=O) groups is 5. The van der Waals surface area contributed by atoms with Crippen molar-refractivity contribution in [3.63, 3.8) is 0 Å². The predicted molar refractivity (Wildman–Crippen MR) is 166 cm³/mol. The van der Waals surface area contributed by atoms with Crippen molar-refractivity contribution in [2.75, 3.05) is 41.4 Å². The van der Waals surface area contributed by atoms with Gasteiger partial charge >= 0.3 is 5.97 Å². The number of likely N-dealkylation sites (N-methyl/N-ethyl adjacent to an activating group) is 1. The maximum Gasteiger partial charge on any atom is 0.303 e. The van der Waals surface area contributed by atoms with E-state index in [-0.39, 0.29) is 35.1 Å². The molecule has 2 aliphatic rings. The first-order valence-corrected chi connectivity index (χ1v) is 15.0. The molecule has 1 aliphatic carbocycles. The number of nitrogens with one attached hydrogen (secondary N) is 2. The highest BCUT2D eigenvalue weighted by Crippen LogP contribution is 2.28. The Morgan fingerprint density at radius 2 is 1.77 bits per heavy atom. The Hall–Kier alpha value is -3.41.